The van der Waals surface area contributed by atoms with Crippen LogP contribution in [0.25, 0.3) is 0 Å². The molecule has 0 aromatic heterocycles. The summed E-state index contributed by atoms with van der Waals surface area (Å²) in [6.07, 6.45) is 0.960. The third-order valence-corrected chi connectivity index (χ3v) is 2.93. The maximum absolute atomic E-state index is 11.6. The lowest BCUT2D eigenvalue weighted by molar-refractivity contribution is 0.0965. The monoisotopic (exact) mass is 266 g/mol. The minimum Gasteiger partial charge on any atom is -0.394 e. The Morgan fingerprint density at radius 1 is 1.26 bits per heavy atom. The van der Waals surface area contributed by atoms with Crippen LogP contribution in [0.5, 0.6) is 0 Å². The van der Waals surface area contributed by atoms with Gasteiger partial charge in [0.15, 0.2) is 0 Å². The van der Waals surface area contributed by atoms with Crippen LogP contribution in [0.4, 0.5) is 10.5 Å². The lowest BCUT2D eigenvalue weighted by Gasteiger charge is -2.12. The molecule has 1 rings (SSSR count). The van der Waals surface area contributed by atoms with Crippen LogP contribution in [0.3, 0.4) is 0 Å². The summed E-state index contributed by atoms with van der Waals surface area (Å²) in [6.45, 7) is 3.84. The van der Waals surface area contributed by atoms with Gasteiger partial charge in [0, 0.05) is 12.2 Å². The standard InChI is InChI=1S/C14H22N2O3/c1-3-10-5-6-12(7-11(10)4-2)16-14(19)15-8-13(18)9-17/h5-7,13,17-18H,3-4,8-9H2,1-2H3,(H2,15,16,19). The average Bonchev–Trinajstić information content (AvgIpc) is 2.44. The van der Waals surface area contributed by atoms with E-state index in [4.69, 9.17) is 10.2 Å². The molecule has 0 saturated heterocycles. The van der Waals surface area contributed by atoms with Crippen molar-refractivity contribution in [3.63, 3.8) is 0 Å². The topological polar surface area (TPSA) is 81.6 Å². The third kappa shape index (κ3) is 4.89. The highest BCUT2D eigenvalue weighted by Gasteiger charge is 2.07. The smallest absolute Gasteiger partial charge is 0.319 e. The van der Waals surface area contributed by atoms with Crippen molar-refractivity contribution >= 4 is 11.7 Å². The minimum atomic E-state index is -0.931. The van der Waals surface area contributed by atoms with E-state index < -0.39 is 6.10 Å². The first-order valence-corrected chi connectivity index (χ1v) is 6.56. The predicted molar refractivity (Wildman–Crippen MR) is 75.3 cm³/mol. The van der Waals surface area contributed by atoms with E-state index in [0.29, 0.717) is 0 Å². The summed E-state index contributed by atoms with van der Waals surface area (Å²) in [6, 6.07) is 5.44. The molecule has 4 N–H and O–H groups in total. The molecule has 0 spiro atoms. The van der Waals surface area contributed by atoms with Crippen LogP contribution in [0.1, 0.15) is 25.0 Å². The van der Waals surface area contributed by atoms with Crippen LogP contribution >= 0.6 is 0 Å². The molecule has 1 aromatic carbocycles. The summed E-state index contributed by atoms with van der Waals surface area (Å²) in [5, 5.41) is 23.0. The molecule has 0 radical (unpaired) electrons. The molecule has 2 amide bonds. The summed E-state index contributed by atoms with van der Waals surface area (Å²) in [5.41, 5.74) is 3.23. The Balaban J connectivity index is 2.59. The summed E-state index contributed by atoms with van der Waals surface area (Å²) in [4.78, 5) is 11.6. The Bertz CT molecular complexity index is 421. The number of aryl methyl sites for hydroxylation is 2. The summed E-state index contributed by atoms with van der Waals surface area (Å²) < 4.78 is 0. The van der Waals surface area contributed by atoms with Gasteiger partial charge >= 0.3 is 6.03 Å². The van der Waals surface area contributed by atoms with E-state index in [-0.39, 0.29) is 19.2 Å². The first kappa shape index (κ1) is 15.5. The fourth-order valence-electron chi connectivity index (χ4n) is 1.83. The van der Waals surface area contributed by atoms with Crippen molar-refractivity contribution in [3.05, 3.63) is 29.3 Å². The molecule has 0 aliphatic carbocycles. The van der Waals surface area contributed by atoms with Crippen LogP contribution in [0, 0.1) is 0 Å². The fourth-order valence-corrected chi connectivity index (χ4v) is 1.83. The molecule has 1 aromatic rings. The van der Waals surface area contributed by atoms with Crippen LogP contribution < -0.4 is 10.6 Å². The van der Waals surface area contributed by atoms with Crippen molar-refractivity contribution in [2.24, 2.45) is 0 Å². The van der Waals surface area contributed by atoms with E-state index in [1.165, 1.54) is 11.1 Å². The molecule has 1 unspecified atom stereocenters. The molecule has 5 nitrogen and oxygen atoms in total. The first-order valence-electron chi connectivity index (χ1n) is 6.56. The highest BCUT2D eigenvalue weighted by Crippen LogP contribution is 2.17. The van der Waals surface area contributed by atoms with Gasteiger partial charge in [-0.2, -0.15) is 0 Å². The second kappa shape index (κ2) is 7.76. The van der Waals surface area contributed by atoms with E-state index in [0.717, 1.165) is 18.5 Å². The average molecular weight is 266 g/mol. The summed E-state index contributed by atoms with van der Waals surface area (Å²) in [7, 11) is 0. The molecule has 0 aliphatic heterocycles. The van der Waals surface area contributed by atoms with Gasteiger partial charge in [-0.05, 0) is 36.1 Å². The number of amides is 2. The van der Waals surface area contributed by atoms with E-state index in [2.05, 4.69) is 24.5 Å². The maximum atomic E-state index is 11.6. The second-order valence-corrected chi connectivity index (χ2v) is 4.36. The zero-order valence-electron chi connectivity index (χ0n) is 11.4. The number of nitrogens with one attached hydrogen (secondary N) is 2. The lowest BCUT2D eigenvalue weighted by atomic mass is 10.0. The Hall–Kier alpha value is -1.59. The molecule has 5 heteroatoms. The number of aliphatic hydroxyl groups is 2. The third-order valence-electron chi connectivity index (χ3n) is 2.93. The predicted octanol–water partition coefficient (Wildman–Crippen LogP) is 1.29. The number of carbonyl (C=O) groups excluding carboxylic acids is 1. The van der Waals surface area contributed by atoms with Gasteiger partial charge in [0.2, 0.25) is 0 Å². The molecular weight excluding hydrogens is 244 g/mol. The number of hydrogen-bond acceptors (Lipinski definition) is 3. The van der Waals surface area contributed by atoms with Gasteiger partial charge in [0.1, 0.15) is 0 Å². The molecule has 0 fully saturated rings. The largest absolute Gasteiger partial charge is 0.394 e. The van der Waals surface area contributed by atoms with Crippen molar-refractivity contribution in [1.82, 2.24) is 5.32 Å². The number of urea groups is 1. The van der Waals surface area contributed by atoms with Gasteiger partial charge in [-0.15, -0.1) is 0 Å². The number of rotatable bonds is 6. The van der Waals surface area contributed by atoms with Gasteiger partial charge in [-0.25, -0.2) is 4.79 Å². The highest BCUT2D eigenvalue weighted by molar-refractivity contribution is 5.89. The highest BCUT2D eigenvalue weighted by atomic mass is 16.3. The molecule has 0 aliphatic rings. The molecule has 0 heterocycles. The fraction of sp³-hybridized carbons (Fsp3) is 0.500. The second-order valence-electron chi connectivity index (χ2n) is 4.36. The Morgan fingerprint density at radius 3 is 2.53 bits per heavy atom. The van der Waals surface area contributed by atoms with Crippen molar-refractivity contribution in [2.75, 3.05) is 18.5 Å². The minimum absolute atomic E-state index is 0.0238. The van der Waals surface area contributed by atoms with Crippen molar-refractivity contribution < 1.29 is 15.0 Å². The normalized spacial score (nSPS) is 12.0. The Kier molecular flexibility index (Phi) is 6.32. The number of anilines is 1. The van der Waals surface area contributed by atoms with Crippen molar-refractivity contribution in [1.29, 1.82) is 0 Å². The van der Waals surface area contributed by atoms with E-state index >= 15 is 0 Å². The van der Waals surface area contributed by atoms with Crippen LogP contribution in [0.2, 0.25) is 0 Å². The van der Waals surface area contributed by atoms with Crippen LogP contribution in [-0.2, 0) is 12.8 Å². The zero-order chi connectivity index (χ0) is 14.3. The van der Waals surface area contributed by atoms with Gasteiger partial charge in [-0.3, -0.25) is 0 Å². The van der Waals surface area contributed by atoms with Crippen LogP contribution in [0.15, 0.2) is 18.2 Å². The Labute approximate surface area is 113 Å². The molecule has 106 valence electrons. The quantitative estimate of drug-likeness (QED) is 0.626. The zero-order valence-corrected chi connectivity index (χ0v) is 11.4. The number of benzene rings is 1. The Morgan fingerprint density at radius 2 is 1.95 bits per heavy atom. The molecule has 19 heavy (non-hydrogen) atoms. The van der Waals surface area contributed by atoms with E-state index in [1.807, 2.05) is 18.2 Å². The van der Waals surface area contributed by atoms with Crippen molar-refractivity contribution in [2.45, 2.75) is 32.8 Å². The van der Waals surface area contributed by atoms with Gasteiger partial charge in [0.05, 0.1) is 12.7 Å². The number of carbonyl (C=O) groups is 1. The van der Waals surface area contributed by atoms with Gasteiger partial charge < -0.3 is 20.8 Å². The lowest BCUT2D eigenvalue weighted by Crippen LogP contribution is -2.36. The van der Waals surface area contributed by atoms with Gasteiger partial charge in [-0.1, -0.05) is 19.9 Å². The van der Waals surface area contributed by atoms with Crippen LogP contribution in [-0.4, -0.2) is 35.5 Å². The van der Waals surface area contributed by atoms with Crippen molar-refractivity contribution in [3.8, 4) is 0 Å². The maximum Gasteiger partial charge on any atom is 0.319 e. The summed E-state index contributed by atoms with van der Waals surface area (Å²) in [5.74, 6) is 0. The molecule has 0 saturated carbocycles. The summed E-state index contributed by atoms with van der Waals surface area (Å²) >= 11 is 0. The van der Waals surface area contributed by atoms with E-state index in [9.17, 15) is 4.79 Å². The SMILES string of the molecule is CCc1ccc(NC(=O)NCC(O)CO)cc1CC. The molecular formula is C14H22N2O3. The number of aliphatic hydroxyl groups excluding tert-OH is 2. The molecule has 1 atom stereocenters. The van der Waals surface area contributed by atoms with Gasteiger partial charge in [0.25, 0.3) is 0 Å². The first-order chi connectivity index (χ1) is 9.10. The van der Waals surface area contributed by atoms with E-state index in [1.54, 1.807) is 0 Å². The molecule has 0 bridgehead atoms. The number of hydrogen-bond donors (Lipinski definition) is 4.